The molecule has 2 amide bonds. The number of benzene rings is 1. The van der Waals surface area contributed by atoms with Crippen LogP contribution in [0.3, 0.4) is 0 Å². The minimum Gasteiger partial charge on any atom is -0.354 e. The Morgan fingerprint density at radius 2 is 1.61 bits per heavy atom. The van der Waals surface area contributed by atoms with Gasteiger partial charge in [0.15, 0.2) is 0 Å². The van der Waals surface area contributed by atoms with Gasteiger partial charge in [0, 0.05) is 26.2 Å². The molecule has 38 heavy (non-hydrogen) atoms. The summed E-state index contributed by atoms with van der Waals surface area (Å²) in [6, 6.07) is 7.58. The van der Waals surface area contributed by atoms with E-state index in [1.54, 1.807) is 29.2 Å². The molecule has 2 aliphatic heterocycles. The molecule has 6 N–H and O–H groups in total. The van der Waals surface area contributed by atoms with Crippen molar-refractivity contribution in [2.45, 2.75) is 81.9 Å². The lowest BCUT2D eigenvalue weighted by molar-refractivity contribution is -0.141. The number of sulfonamides is 1. The van der Waals surface area contributed by atoms with E-state index in [9.17, 15) is 18.0 Å². The topological polar surface area (TPSA) is 151 Å². The van der Waals surface area contributed by atoms with Crippen LogP contribution >= 0.6 is 0 Å². The van der Waals surface area contributed by atoms with E-state index in [0.717, 1.165) is 64.5 Å². The van der Waals surface area contributed by atoms with Crippen LogP contribution in [0.5, 0.6) is 0 Å². The van der Waals surface area contributed by atoms with Crippen molar-refractivity contribution in [3.63, 3.8) is 0 Å². The Hall–Kier alpha value is -2.05. The van der Waals surface area contributed by atoms with Crippen molar-refractivity contribution < 1.29 is 18.0 Å². The van der Waals surface area contributed by atoms with E-state index >= 15 is 0 Å². The zero-order valence-corrected chi connectivity index (χ0v) is 23.1. The number of hydrogen-bond acceptors (Lipinski definition) is 7. The van der Waals surface area contributed by atoms with Gasteiger partial charge in [-0.05, 0) is 55.9 Å². The Balaban J connectivity index is 1.40. The smallest absolute Gasteiger partial charge is 0.242 e. The summed E-state index contributed by atoms with van der Waals surface area (Å²) >= 11 is 0. The number of amides is 2. The number of carbonyl (C=O) groups is 2. The molecule has 10 nitrogen and oxygen atoms in total. The van der Waals surface area contributed by atoms with Crippen LogP contribution < -0.4 is 21.5 Å². The van der Waals surface area contributed by atoms with Crippen LogP contribution in [-0.2, 0) is 25.4 Å². The van der Waals surface area contributed by atoms with Gasteiger partial charge in [0.05, 0.1) is 5.75 Å². The zero-order chi connectivity index (χ0) is 27.1. The van der Waals surface area contributed by atoms with Gasteiger partial charge in [-0.1, -0.05) is 49.6 Å². The van der Waals surface area contributed by atoms with E-state index in [1.807, 2.05) is 11.0 Å². The zero-order valence-electron chi connectivity index (χ0n) is 22.3. The van der Waals surface area contributed by atoms with Gasteiger partial charge in [0.2, 0.25) is 21.8 Å². The number of nitrogens with zero attached hydrogens (tertiary/aromatic N) is 2. The molecule has 2 heterocycles. The van der Waals surface area contributed by atoms with Crippen molar-refractivity contribution >= 4 is 21.8 Å². The van der Waals surface area contributed by atoms with Gasteiger partial charge in [-0.25, -0.2) is 13.1 Å². The maximum absolute atomic E-state index is 13.9. The van der Waals surface area contributed by atoms with E-state index in [1.165, 1.54) is 0 Å². The average molecular weight is 549 g/mol. The highest BCUT2D eigenvalue weighted by molar-refractivity contribution is 7.88. The van der Waals surface area contributed by atoms with E-state index in [0.29, 0.717) is 31.0 Å². The summed E-state index contributed by atoms with van der Waals surface area (Å²) in [5, 5.41) is 3.07. The monoisotopic (exact) mass is 548 g/mol. The van der Waals surface area contributed by atoms with Gasteiger partial charge >= 0.3 is 0 Å². The predicted molar refractivity (Wildman–Crippen MR) is 147 cm³/mol. The highest BCUT2D eigenvalue weighted by Gasteiger charge is 2.41. The fourth-order valence-electron chi connectivity index (χ4n) is 6.14. The van der Waals surface area contributed by atoms with Crippen molar-refractivity contribution in [1.82, 2.24) is 19.8 Å². The third-order valence-corrected chi connectivity index (χ3v) is 9.69. The maximum Gasteiger partial charge on any atom is 0.242 e. The first-order chi connectivity index (χ1) is 18.2. The molecule has 11 heteroatoms. The van der Waals surface area contributed by atoms with Gasteiger partial charge < -0.3 is 21.7 Å². The molecule has 2 atom stereocenters. The lowest BCUT2D eigenvalue weighted by atomic mass is 9.83. The second-order valence-electron chi connectivity index (χ2n) is 11.1. The summed E-state index contributed by atoms with van der Waals surface area (Å²) < 4.78 is 29.1. The summed E-state index contributed by atoms with van der Waals surface area (Å²) in [6.45, 7) is 2.63. The number of rotatable bonds is 10. The van der Waals surface area contributed by atoms with Crippen LogP contribution in [0.15, 0.2) is 30.3 Å². The standard InChI is InChI=1S/C27H44N6O4S/c28-27(29)32-16-13-20(14-17-32)18-30-25(34)23-12-7-15-33(23)26(35)24(22-10-5-2-6-11-22)31-38(36,37)19-21-8-3-1-4-9-21/h1,3-4,8-9,20,22-24,27,31H,2,5-7,10-19,28-29H2,(H,30,34)/t23-,24+/m0/s1. The van der Waals surface area contributed by atoms with Gasteiger partial charge in [0.1, 0.15) is 18.4 Å². The third-order valence-electron chi connectivity index (χ3n) is 8.37. The molecule has 3 fully saturated rings. The minimum atomic E-state index is -3.75. The Morgan fingerprint density at radius 1 is 0.921 bits per heavy atom. The molecule has 3 aliphatic rings. The number of nitrogens with two attached hydrogens (primary N) is 2. The molecule has 0 aromatic heterocycles. The fraction of sp³-hybridized carbons (Fsp3) is 0.704. The summed E-state index contributed by atoms with van der Waals surface area (Å²) in [6.07, 6.45) is 7.35. The summed E-state index contributed by atoms with van der Waals surface area (Å²) in [7, 11) is -3.75. The molecule has 4 rings (SSSR count). The minimum absolute atomic E-state index is 0.0646. The number of likely N-dealkylation sites (tertiary alicyclic amines) is 2. The molecule has 2 saturated heterocycles. The van der Waals surface area contributed by atoms with E-state index in [4.69, 9.17) is 11.5 Å². The Labute approximate surface area is 226 Å². The van der Waals surface area contributed by atoms with Gasteiger partial charge in [-0.15, -0.1) is 0 Å². The summed E-state index contributed by atoms with van der Waals surface area (Å²) in [5.41, 5.74) is 12.2. The fourth-order valence-corrected chi connectivity index (χ4v) is 7.54. The lowest BCUT2D eigenvalue weighted by Crippen LogP contribution is -2.56. The Bertz CT molecular complexity index is 1020. The quantitative estimate of drug-likeness (QED) is 0.319. The van der Waals surface area contributed by atoms with Crippen molar-refractivity contribution in [2.24, 2.45) is 23.3 Å². The van der Waals surface area contributed by atoms with Crippen molar-refractivity contribution in [3.8, 4) is 0 Å². The first-order valence-electron chi connectivity index (χ1n) is 14.1. The predicted octanol–water partition coefficient (Wildman–Crippen LogP) is 1.08. The Kier molecular flexibility index (Phi) is 10.2. The molecule has 0 bridgehead atoms. The molecule has 1 saturated carbocycles. The third kappa shape index (κ3) is 7.75. The van der Waals surface area contributed by atoms with Crippen LogP contribution in [0.25, 0.3) is 0 Å². The van der Waals surface area contributed by atoms with Crippen LogP contribution in [0.4, 0.5) is 0 Å². The van der Waals surface area contributed by atoms with Crippen LogP contribution in [0, 0.1) is 11.8 Å². The molecular weight excluding hydrogens is 504 g/mol. The molecular formula is C27H44N6O4S. The molecule has 0 spiro atoms. The average Bonchev–Trinajstić information content (AvgIpc) is 3.41. The summed E-state index contributed by atoms with van der Waals surface area (Å²) in [5.74, 6) is -0.313. The number of hydrogen-bond donors (Lipinski definition) is 4. The van der Waals surface area contributed by atoms with Gasteiger partial charge in [-0.2, -0.15) is 0 Å². The second-order valence-corrected chi connectivity index (χ2v) is 12.9. The normalized spacial score (nSPS) is 23.0. The Morgan fingerprint density at radius 3 is 2.26 bits per heavy atom. The highest BCUT2D eigenvalue weighted by atomic mass is 32.2. The maximum atomic E-state index is 13.9. The first-order valence-corrected chi connectivity index (χ1v) is 15.8. The highest BCUT2D eigenvalue weighted by Crippen LogP contribution is 2.30. The van der Waals surface area contributed by atoms with Gasteiger partial charge in [-0.3, -0.25) is 14.5 Å². The van der Waals surface area contributed by atoms with Crippen LogP contribution in [-0.4, -0.2) is 74.6 Å². The van der Waals surface area contributed by atoms with E-state index in [-0.39, 0.29) is 23.5 Å². The molecule has 1 aromatic rings. The molecule has 1 aliphatic carbocycles. The van der Waals surface area contributed by atoms with Crippen LogP contribution in [0.2, 0.25) is 0 Å². The first kappa shape index (κ1) is 28.9. The largest absolute Gasteiger partial charge is 0.354 e. The number of carbonyl (C=O) groups excluding carboxylic acids is 2. The second kappa shape index (κ2) is 13.3. The van der Waals surface area contributed by atoms with Gasteiger partial charge in [0.25, 0.3) is 0 Å². The number of nitrogens with one attached hydrogen (secondary N) is 2. The SMILES string of the molecule is NC(N)N1CCC(CNC(=O)[C@@H]2CCCN2C(=O)[C@H](NS(=O)(=O)Cc2ccccc2)C2CCCCC2)CC1. The molecule has 1 aromatic carbocycles. The van der Waals surface area contributed by atoms with E-state index < -0.39 is 28.4 Å². The van der Waals surface area contributed by atoms with Crippen LogP contribution in [0.1, 0.15) is 63.4 Å². The lowest BCUT2D eigenvalue weighted by Gasteiger charge is -2.35. The van der Waals surface area contributed by atoms with E-state index in [2.05, 4.69) is 10.0 Å². The summed E-state index contributed by atoms with van der Waals surface area (Å²) in [4.78, 5) is 30.7. The number of piperidine rings is 1. The van der Waals surface area contributed by atoms with Crippen molar-refractivity contribution in [3.05, 3.63) is 35.9 Å². The molecule has 212 valence electrons. The molecule has 0 radical (unpaired) electrons. The van der Waals surface area contributed by atoms with Crippen molar-refractivity contribution in [1.29, 1.82) is 0 Å². The van der Waals surface area contributed by atoms with Crippen molar-refractivity contribution in [2.75, 3.05) is 26.2 Å². The molecule has 0 unspecified atom stereocenters.